The van der Waals surface area contributed by atoms with Crippen molar-refractivity contribution < 1.29 is 152 Å². The number of carbonyl (C=O) groups excluding carboxylic acids is 12. The van der Waals surface area contributed by atoms with Crippen LogP contribution in [0, 0.1) is 69.0 Å². The maximum Gasteiger partial charge on any atom is 0.319 e. The molecule has 32 nitrogen and oxygen atoms in total. The quantitative estimate of drug-likeness (QED) is 0.0225. The van der Waals surface area contributed by atoms with Gasteiger partial charge in [0.25, 0.3) is 0 Å². The highest BCUT2D eigenvalue weighted by Crippen LogP contribution is 2.60. The van der Waals surface area contributed by atoms with Gasteiger partial charge in [0.2, 0.25) is 27.2 Å². The average Bonchev–Trinajstić information content (AvgIpc) is 0.717. The Balaban J connectivity index is 1.53. The molecule has 0 saturated heterocycles. The van der Waals surface area contributed by atoms with Crippen molar-refractivity contribution in [2.75, 3.05) is 80.0 Å². The third-order valence-electron chi connectivity index (χ3n) is 26.9. The van der Waals surface area contributed by atoms with Crippen LogP contribution in [0.5, 0.6) is 46.0 Å². The minimum atomic E-state index is -1.84. The van der Waals surface area contributed by atoms with Gasteiger partial charge in [0, 0.05) is 68.2 Å². The van der Waals surface area contributed by atoms with Gasteiger partial charge in [-0.2, -0.15) is 0 Å². The molecule has 144 heavy (non-hydrogen) atoms. The smallest absolute Gasteiger partial charge is 0.319 e. The van der Waals surface area contributed by atoms with Crippen LogP contribution in [0.25, 0.3) is 0 Å². The summed E-state index contributed by atoms with van der Waals surface area (Å²) in [5.41, 5.74) is -2.16. The van der Waals surface area contributed by atoms with Gasteiger partial charge in [-0.3, -0.25) is 57.5 Å². The van der Waals surface area contributed by atoms with Crippen LogP contribution in [-0.2, 0) is 141 Å². The minimum absolute atomic E-state index is 0.170. The number of unbranched alkanes of at least 4 members (excludes halogenated alkanes) is 12. The number of esters is 12. The lowest BCUT2D eigenvalue weighted by atomic mass is 9.74. The molecule has 0 spiro atoms. The zero-order chi connectivity index (χ0) is 106. The average molecular weight is 2020 g/mol. The molecule has 8 bridgehead atoms. The van der Waals surface area contributed by atoms with Crippen molar-refractivity contribution >= 4 is 71.6 Å². The predicted octanol–water partition coefficient (Wildman–Crippen LogP) is 21.1. The van der Waals surface area contributed by atoms with E-state index in [4.69, 9.17) is 94.7 Å². The maximum absolute atomic E-state index is 15.8. The van der Waals surface area contributed by atoms with Gasteiger partial charge in [-0.15, -0.1) is 0 Å². The Labute approximate surface area is 850 Å². The topological polar surface area (TPSA) is 389 Å². The third-order valence-corrected chi connectivity index (χ3v) is 26.9. The lowest BCUT2D eigenvalue weighted by Gasteiger charge is -2.38. The fourth-order valence-electron chi connectivity index (χ4n) is 17.6. The van der Waals surface area contributed by atoms with Crippen molar-refractivity contribution in [3.05, 3.63) is 91.0 Å². The standard InChI is InChI=1S/C112H160O32/c1-25-29-33-37-41-73-77-45-79-74(42-38-34-30-26-2)81-47-83-76(44-40-36-32-28-4)84-48-82-75(43-39-35-31-27-3)80-46-78(73)90-86(50-126-106(122)110(22,55-131-99(115)67(9)10)56-132-100(116)68(11)12)92(80)140-63-142-94(82)88(52-128-108(124)112(24,59-135-103(119)71(17)18)60-136-104(120)72(19)20)96(84)144-64-143-95(83)87(51-127-107(123)111(23,57-133-101(117)69(13)14)58-134-102(118)70(15)16)93(81)141-62-139-91(79)85(89(77)137-61-138-90)49-125-105(121)109(21,53-129-97(113)65(5)6)54-130-98(114)66(7)8/h45-48,65-76H,25-44,49-64H2,1-24H3. The largest absolute Gasteiger partial charge is 0.464 e. The van der Waals surface area contributed by atoms with Crippen LogP contribution in [0.1, 0.15) is 385 Å². The van der Waals surface area contributed by atoms with Gasteiger partial charge in [0.15, 0.2) is 0 Å². The van der Waals surface area contributed by atoms with Crippen molar-refractivity contribution in [1.82, 2.24) is 0 Å². The van der Waals surface area contributed by atoms with E-state index in [0.717, 1.165) is 51.4 Å². The Bertz CT molecular complexity index is 4260. The summed E-state index contributed by atoms with van der Waals surface area (Å²) in [6.07, 6.45) is 13.0. The number of hydrogen-bond donors (Lipinski definition) is 0. The Hall–Kier alpha value is -11.1. The maximum atomic E-state index is 15.8. The number of hydrogen-bond acceptors (Lipinski definition) is 32. The van der Waals surface area contributed by atoms with E-state index in [9.17, 15) is 38.4 Å². The van der Waals surface area contributed by atoms with Crippen LogP contribution in [0.3, 0.4) is 0 Å². The minimum Gasteiger partial charge on any atom is -0.464 e. The molecule has 0 amide bonds. The molecular formula is C112H160O32. The second kappa shape index (κ2) is 53.8. The van der Waals surface area contributed by atoms with Gasteiger partial charge < -0.3 is 94.7 Å². The summed E-state index contributed by atoms with van der Waals surface area (Å²) in [4.78, 5) is 172. The molecule has 4 aromatic rings. The highest BCUT2D eigenvalue weighted by Gasteiger charge is 2.49. The Morgan fingerprint density at radius 2 is 0.368 bits per heavy atom. The van der Waals surface area contributed by atoms with E-state index in [0.29, 0.717) is 122 Å². The Morgan fingerprint density at radius 3 is 0.493 bits per heavy atom. The first-order valence-corrected chi connectivity index (χ1v) is 52.2. The predicted molar refractivity (Wildman–Crippen MR) is 531 cm³/mol. The highest BCUT2D eigenvalue weighted by molar-refractivity contribution is 5.84. The fraction of sp³-hybridized carbons (Fsp3) is 0.679. The summed E-state index contributed by atoms with van der Waals surface area (Å²) in [6, 6.07) is 8.33. The van der Waals surface area contributed by atoms with Gasteiger partial charge in [0.05, 0.1) is 69.6 Å². The van der Waals surface area contributed by atoms with Gasteiger partial charge in [-0.1, -0.05) is 241 Å². The summed E-state index contributed by atoms with van der Waals surface area (Å²) in [5, 5.41) is 0. The number of rotatable bonds is 56. The SMILES string of the molecule is CCCCCCC1c2cc3c4c(COC(=O)C(C)(COC(=O)C(C)C)COC(=O)C(C)C)c2OCOc2c1cc1c(c2COC(=O)C(C)(COC(=O)C(C)C)COC(=O)C(C)C)OCOc2c(cc5c(c2COC(=O)C(C)(COC(=O)C(C)C)COC(=O)C(C)C)OCOc2c(cc(c(c2COC(=O)C(C)(COC(=O)C(C)C)COC(=O)C(C)C)OCO4)C3CCCCCC)C5CCCCCC)C1CCCCCC. The van der Waals surface area contributed by atoms with Gasteiger partial charge >= 0.3 is 71.6 Å². The number of carbonyl (C=O) groups is 12. The summed E-state index contributed by atoms with van der Waals surface area (Å²) in [5.74, 6) is -15.8. The molecule has 0 fully saturated rings. The molecular weight excluding hydrogens is 1860 g/mol. The van der Waals surface area contributed by atoms with Crippen molar-refractivity contribution in [3.8, 4) is 46.0 Å². The Kier molecular flexibility index (Phi) is 43.6. The molecule has 4 aromatic carbocycles. The van der Waals surface area contributed by atoms with Crippen LogP contribution in [-0.4, -0.2) is 152 Å². The van der Waals surface area contributed by atoms with Crippen molar-refractivity contribution in [2.45, 2.75) is 345 Å². The normalized spacial score (nSPS) is 15.6. The molecule has 9 rings (SSSR count). The molecule has 0 aromatic heterocycles. The highest BCUT2D eigenvalue weighted by atomic mass is 16.7. The Morgan fingerprint density at radius 1 is 0.229 bits per heavy atom. The van der Waals surface area contributed by atoms with Gasteiger partial charge in [-0.05, 0) is 77.6 Å². The van der Waals surface area contributed by atoms with Crippen LogP contribution in [0.15, 0.2) is 24.3 Å². The van der Waals surface area contributed by atoms with Crippen LogP contribution in [0.2, 0.25) is 0 Å². The summed E-state index contributed by atoms with van der Waals surface area (Å²) in [6.45, 7) is 31.2. The number of ether oxygens (including phenoxy) is 20. The first-order valence-electron chi connectivity index (χ1n) is 52.2. The van der Waals surface area contributed by atoms with E-state index < -0.39 is 271 Å². The molecule has 0 atom stereocenters. The summed E-state index contributed by atoms with van der Waals surface area (Å²) in [7, 11) is 0. The first kappa shape index (κ1) is 116. The lowest BCUT2D eigenvalue weighted by molar-refractivity contribution is -0.175. The monoisotopic (exact) mass is 2020 g/mol. The molecule has 0 N–H and O–H groups in total. The molecule has 32 heteroatoms. The van der Waals surface area contributed by atoms with E-state index >= 15 is 19.2 Å². The van der Waals surface area contributed by atoms with Crippen LogP contribution >= 0.6 is 0 Å². The van der Waals surface area contributed by atoms with E-state index in [1.807, 2.05) is 0 Å². The molecule has 1 aliphatic carbocycles. The summed E-state index contributed by atoms with van der Waals surface area (Å²) >= 11 is 0. The molecule has 5 aliphatic rings. The van der Waals surface area contributed by atoms with E-state index in [2.05, 4.69) is 52.0 Å². The van der Waals surface area contributed by atoms with Crippen molar-refractivity contribution in [1.29, 1.82) is 0 Å². The van der Waals surface area contributed by atoms with Crippen LogP contribution < -0.4 is 37.9 Å². The zero-order valence-electron chi connectivity index (χ0n) is 89.8. The third kappa shape index (κ3) is 29.7. The lowest BCUT2D eigenvalue weighted by Crippen LogP contribution is -2.41. The fourth-order valence-corrected chi connectivity index (χ4v) is 17.6. The summed E-state index contributed by atoms with van der Waals surface area (Å²) < 4.78 is 132. The number of benzene rings is 4. The molecule has 4 heterocycles. The van der Waals surface area contributed by atoms with Gasteiger partial charge in [0.1, 0.15) is 147 Å². The first-order chi connectivity index (χ1) is 68.3. The molecule has 0 saturated carbocycles. The second-order valence-electron chi connectivity index (χ2n) is 42.6. The molecule has 4 aliphatic heterocycles. The van der Waals surface area contributed by atoms with Gasteiger partial charge in [-0.25, -0.2) is 0 Å². The van der Waals surface area contributed by atoms with Crippen molar-refractivity contribution in [3.63, 3.8) is 0 Å². The zero-order valence-corrected chi connectivity index (χ0v) is 89.8. The van der Waals surface area contributed by atoms with E-state index in [-0.39, 0.29) is 68.2 Å². The molecule has 0 radical (unpaired) electrons. The molecule has 800 valence electrons. The molecule has 0 unspecified atom stereocenters. The van der Waals surface area contributed by atoms with E-state index in [1.165, 1.54) is 27.7 Å². The van der Waals surface area contributed by atoms with Crippen LogP contribution in [0.4, 0.5) is 0 Å². The van der Waals surface area contributed by atoms with Crippen molar-refractivity contribution in [2.24, 2.45) is 69.0 Å². The second-order valence-corrected chi connectivity index (χ2v) is 42.6. The van der Waals surface area contributed by atoms with E-state index in [1.54, 1.807) is 111 Å².